The molecule has 0 aliphatic rings. The zero-order valence-electron chi connectivity index (χ0n) is 14.2. The van der Waals surface area contributed by atoms with Gasteiger partial charge in [0, 0.05) is 52.6 Å². The van der Waals surface area contributed by atoms with Gasteiger partial charge in [-0.05, 0) is 5.56 Å². The van der Waals surface area contributed by atoms with Crippen LogP contribution in [0, 0.1) is 0 Å². The molecule has 0 unspecified atom stereocenters. The first-order chi connectivity index (χ1) is 11.3. The second-order valence-electron chi connectivity index (χ2n) is 5.13. The molecule has 0 saturated carbocycles. The van der Waals surface area contributed by atoms with Crippen molar-refractivity contribution in [3.8, 4) is 0 Å². The number of imidazole rings is 1. The monoisotopic (exact) mass is 443 g/mol. The van der Waals surface area contributed by atoms with Gasteiger partial charge in [0.15, 0.2) is 5.96 Å². The van der Waals surface area contributed by atoms with Gasteiger partial charge in [-0.3, -0.25) is 4.99 Å². The molecule has 0 saturated heterocycles. The lowest BCUT2D eigenvalue weighted by molar-refractivity contribution is 0.203. The predicted molar refractivity (Wildman–Crippen MR) is 108 cm³/mol. The van der Waals surface area contributed by atoms with E-state index in [0.717, 1.165) is 37.8 Å². The molecule has 2 N–H and O–H groups in total. The van der Waals surface area contributed by atoms with Gasteiger partial charge in [-0.15, -0.1) is 24.0 Å². The average molecular weight is 443 g/mol. The molecule has 7 heteroatoms. The number of hydrogen-bond donors (Lipinski definition) is 2. The minimum absolute atomic E-state index is 0. The predicted octanol–water partition coefficient (Wildman–Crippen LogP) is 1.90. The molecule has 0 spiro atoms. The second kappa shape index (κ2) is 11.9. The number of benzene rings is 1. The SMILES string of the molecule is CN=C(NCCOC)NCCc1nccn1Cc1ccccc1.I. The van der Waals surface area contributed by atoms with E-state index in [2.05, 4.69) is 49.4 Å². The highest BCUT2D eigenvalue weighted by molar-refractivity contribution is 14.0. The molecule has 0 fully saturated rings. The number of aliphatic imine (C=N–C) groups is 1. The highest BCUT2D eigenvalue weighted by Gasteiger charge is 2.04. The molecule has 2 aromatic rings. The second-order valence-corrected chi connectivity index (χ2v) is 5.13. The summed E-state index contributed by atoms with van der Waals surface area (Å²) in [5.41, 5.74) is 1.27. The van der Waals surface area contributed by atoms with Gasteiger partial charge in [0.05, 0.1) is 6.61 Å². The maximum Gasteiger partial charge on any atom is 0.191 e. The number of rotatable bonds is 8. The standard InChI is InChI=1S/C17H25N5O.HI/c1-18-17(21-11-13-23-2)20-9-8-16-19-10-12-22(16)14-15-6-4-3-5-7-15;/h3-7,10,12H,8-9,11,13-14H2,1-2H3,(H2,18,20,21);1H. The molecule has 0 aliphatic heterocycles. The van der Waals surface area contributed by atoms with Crippen LogP contribution < -0.4 is 10.6 Å². The van der Waals surface area contributed by atoms with E-state index in [4.69, 9.17) is 4.74 Å². The highest BCUT2D eigenvalue weighted by Crippen LogP contribution is 2.05. The number of guanidine groups is 1. The van der Waals surface area contributed by atoms with Gasteiger partial charge in [0.2, 0.25) is 0 Å². The van der Waals surface area contributed by atoms with Crippen molar-refractivity contribution < 1.29 is 4.74 Å². The van der Waals surface area contributed by atoms with E-state index in [1.807, 2.05) is 18.5 Å². The van der Waals surface area contributed by atoms with Crippen molar-refractivity contribution in [2.24, 2.45) is 4.99 Å². The largest absolute Gasteiger partial charge is 0.383 e. The van der Waals surface area contributed by atoms with Crippen LogP contribution in [0.3, 0.4) is 0 Å². The molecule has 0 atom stereocenters. The summed E-state index contributed by atoms with van der Waals surface area (Å²) in [6.07, 6.45) is 4.71. The van der Waals surface area contributed by atoms with Crippen molar-refractivity contribution in [3.05, 3.63) is 54.1 Å². The first-order valence-electron chi connectivity index (χ1n) is 7.81. The molecular formula is C17H26IN5O. The van der Waals surface area contributed by atoms with Crippen molar-refractivity contribution in [2.75, 3.05) is 33.9 Å². The molecule has 1 aromatic carbocycles. The van der Waals surface area contributed by atoms with E-state index in [1.165, 1.54) is 5.56 Å². The smallest absolute Gasteiger partial charge is 0.191 e. The fourth-order valence-electron chi connectivity index (χ4n) is 2.28. The zero-order valence-corrected chi connectivity index (χ0v) is 16.6. The highest BCUT2D eigenvalue weighted by atomic mass is 127. The summed E-state index contributed by atoms with van der Waals surface area (Å²) in [5, 5.41) is 6.48. The lowest BCUT2D eigenvalue weighted by Crippen LogP contribution is -2.39. The Bertz CT molecular complexity index is 600. The molecule has 1 aromatic heterocycles. The Morgan fingerprint density at radius 3 is 2.67 bits per heavy atom. The van der Waals surface area contributed by atoms with Gasteiger partial charge in [-0.1, -0.05) is 30.3 Å². The first kappa shape index (κ1) is 20.4. The Kier molecular flexibility index (Phi) is 10.1. The maximum absolute atomic E-state index is 5.01. The van der Waals surface area contributed by atoms with Crippen molar-refractivity contribution in [1.82, 2.24) is 20.2 Å². The van der Waals surface area contributed by atoms with E-state index in [-0.39, 0.29) is 24.0 Å². The Morgan fingerprint density at radius 2 is 1.96 bits per heavy atom. The lowest BCUT2D eigenvalue weighted by atomic mass is 10.2. The van der Waals surface area contributed by atoms with E-state index >= 15 is 0 Å². The lowest BCUT2D eigenvalue weighted by Gasteiger charge is -2.12. The molecule has 0 amide bonds. The third-order valence-electron chi connectivity index (χ3n) is 3.46. The summed E-state index contributed by atoms with van der Waals surface area (Å²) in [4.78, 5) is 8.63. The number of methoxy groups -OCH3 is 1. The topological polar surface area (TPSA) is 63.5 Å². The summed E-state index contributed by atoms with van der Waals surface area (Å²) in [7, 11) is 3.45. The normalized spacial score (nSPS) is 11.0. The van der Waals surface area contributed by atoms with Gasteiger partial charge < -0.3 is 19.9 Å². The van der Waals surface area contributed by atoms with Crippen LogP contribution in [0.5, 0.6) is 0 Å². The molecule has 0 bridgehead atoms. The molecule has 6 nitrogen and oxygen atoms in total. The van der Waals surface area contributed by atoms with Gasteiger partial charge in [-0.25, -0.2) is 4.98 Å². The summed E-state index contributed by atoms with van der Waals surface area (Å²) < 4.78 is 7.19. The third kappa shape index (κ3) is 6.88. The summed E-state index contributed by atoms with van der Waals surface area (Å²) in [6.45, 7) is 3.01. The van der Waals surface area contributed by atoms with E-state index in [0.29, 0.717) is 6.61 Å². The van der Waals surface area contributed by atoms with E-state index < -0.39 is 0 Å². The summed E-state index contributed by atoms with van der Waals surface area (Å²) in [5.74, 6) is 1.84. The van der Waals surface area contributed by atoms with Crippen LogP contribution in [0.4, 0.5) is 0 Å². The molecule has 0 aliphatic carbocycles. The number of aromatic nitrogens is 2. The van der Waals surface area contributed by atoms with Gasteiger partial charge in [0.25, 0.3) is 0 Å². The zero-order chi connectivity index (χ0) is 16.3. The Labute approximate surface area is 160 Å². The molecule has 1 heterocycles. The Morgan fingerprint density at radius 1 is 1.21 bits per heavy atom. The van der Waals surface area contributed by atoms with Crippen molar-refractivity contribution in [3.63, 3.8) is 0 Å². The molecule has 0 radical (unpaired) electrons. The van der Waals surface area contributed by atoms with Gasteiger partial charge in [0.1, 0.15) is 5.82 Å². The maximum atomic E-state index is 5.01. The van der Waals surface area contributed by atoms with Crippen molar-refractivity contribution in [2.45, 2.75) is 13.0 Å². The number of nitrogens with one attached hydrogen (secondary N) is 2. The summed E-state index contributed by atoms with van der Waals surface area (Å²) >= 11 is 0. The fourth-order valence-corrected chi connectivity index (χ4v) is 2.28. The molecule has 132 valence electrons. The minimum Gasteiger partial charge on any atom is -0.383 e. The van der Waals surface area contributed by atoms with E-state index in [9.17, 15) is 0 Å². The molecule has 24 heavy (non-hydrogen) atoms. The van der Waals surface area contributed by atoms with E-state index in [1.54, 1.807) is 14.2 Å². The quantitative estimate of drug-likeness (QED) is 0.283. The third-order valence-corrected chi connectivity index (χ3v) is 3.46. The van der Waals surface area contributed by atoms with Crippen molar-refractivity contribution >= 4 is 29.9 Å². The minimum atomic E-state index is 0. The van der Waals surface area contributed by atoms with Crippen molar-refractivity contribution in [1.29, 1.82) is 0 Å². The Balaban J connectivity index is 0.00000288. The van der Waals surface area contributed by atoms with Crippen LogP contribution >= 0.6 is 24.0 Å². The molecule has 2 rings (SSSR count). The number of hydrogen-bond acceptors (Lipinski definition) is 3. The van der Waals surface area contributed by atoms with Crippen LogP contribution in [0.1, 0.15) is 11.4 Å². The first-order valence-corrected chi connectivity index (χ1v) is 7.81. The Hall–Kier alpha value is -1.61. The van der Waals surface area contributed by atoms with Gasteiger partial charge in [-0.2, -0.15) is 0 Å². The molecular weight excluding hydrogens is 417 g/mol. The van der Waals surface area contributed by atoms with Crippen LogP contribution in [0.2, 0.25) is 0 Å². The number of ether oxygens (including phenoxy) is 1. The summed E-state index contributed by atoms with van der Waals surface area (Å²) in [6, 6.07) is 10.4. The van der Waals surface area contributed by atoms with Crippen LogP contribution in [-0.2, 0) is 17.7 Å². The van der Waals surface area contributed by atoms with Crippen LogP contribution in [0.25, 0.3) is 0 Å². The fraction of sp³-hybridized carbons (Fsp3) is 0.412. The number of nitrogens with zero attached hydrogens (tertiary/aromatic N) is 3. The van der Waals surface area contributed by atoms with Crippen LogP contribution in [-0.4, -0.2) is 49.4 Å². The number of halogens is 1. The van der Waals surface area contributed by atoms with Crippen LogP contribution in [0.15, 0.2) is 47.7 Å². The average Bonchev–Trinajstić information content (AvgIpc) is 3.01. The van der Waals surface area contributed by atoms with Gasteiger partial charge >= 0.3 is 0 Å².